The average Bonchev–Trinajstić information content (AvgIpc) is 3.35. The zero-order valence-electron chi connectivity index (χ0n) is 19.4. The Morgan fingerprint density at radius 2 is 1.88 bits per heavy atom. The molecule has 5 N–H and O–H groups in total. The third-order valence-corrected chi connectivity index (χ3v) is 5.98. The summed E-state index contributed by atoms with van der Waals surface area (Å²) in [5.74, 6) is 6.62. The minimum atomic E-state index is -0.0510. The van der Waals surface area contributed by atoms with Crippen LogP contribution in [0, 0.1) is 6.92 Å². The number of anilines is 2. The summed E-state index contributed by atoms with van der Waals surface area (Å²) in [5.41, 5.74) is 11.3. The first-order valence-corrected chi connectivity index (χ1v) is 11.4. The van der Waals surface area contributed by atoms with Crippen molar-refractivity contribution in [2.24, 2.45) is 11.6 Å². The Hall–Kier alpha value is -3.30. The number of nitrogens with two attached hydrogens (primary N) is 2. The number of amides is 2. The second-order valence-electron chi connectivity index (χ2n) is 8.60. The SMILES string of the molecule is Cc1ccc(NC(=O)N2CCCC2)cc1-c1cc(/C(N)=C/N(C)N)nc(N2CCOCC2)c1. The van der Waals surface area contributed by atoms with Crippen LogP contribution in [0.4, 0.5) is 16.3 Å². The van der Waals surface area contributed by atoms with Crippen molar-refractivity contribution in [3.63, 3.8) is 0 Å². The molecule has 0 bridgehead atoms. The number of carbonyl (C=O) groups is 1. The molecule has 2 aromatic rings. The highest BCUT2D eigenvalue weighted by Crippen LogP contribution is 2.31. The first-order chi connectivity index (χ1) is 15.9. The number of pyridine rings is 1. The number of benzene rings is 1. The van der Waals surface area contributed by atoms with Crippen LogP contribution < -0.4 is 21.8 Å². The molecular weight excluding hydrogens is 418 g/mol. The zero-order chi connectivity index (χ0) is 23.4. The number of hydrogen-bond donors (Lipinski definition) is 3. The van der Waals surface area contributed by atoms with Gasteiger partial charge in [0.2, 0.25) is 0 Å². The minimum Gasteiger partial charge on any atom is -0.396 e. The van der Waals surface area contributed by atoms with Crippen LogP contribution >= 0.6 is 0 Å². The van der Waals surface area contributed by atoms with Crippen LogP contribution in [0.2, 0.25) is 0 Å². The van der Waals surface area contributed by atoms with E-state index in [0.717, 1.165) is 67.2 Å². The number of likely N-dealkylation sites (tertiary alicyclic amines) is 1. The molecule has 2 fully saturated rings. The number of carbonyl (C=O) groups excluding carboxylic acids is 1. The van der Waals surface area contributed by atoms with E-state index in [9.17, 15) is 4.79 Å². The van der Waals surface area contributed by atoms with Crippen LogP contribution in [-0.2, 0) is 4.74 Å². The van der Waals surface area contributed by atoms with Crippen LogP contribution in [0.5, 0.6) is 0 Å². The highest BCUT2D eigenvalue weighted by Gasteiger charge is 2.19. The van der Waals surface area contributed by atoms with E-state index >= 15 is 0 Å². The largest absolute Gasteiger partial charge is 0.396 e. The Morgan fingerprint density at radius 3 is 2.58 bits per heavy atom. The maximum atomic E-state index is 12.6. The Balaban J connectivity index is 1.71. The lowest BCUT2D eigenvalue weighted by Crippen LogP contribution is -2.37. The summed E-state index contributed by atoms with van der Waals surface area (Å²) in [4.78, 5) is 21.5. The summed E-state index contributed by atoms with van der Waals surface area (Å²) in [5, 5.41) is 4.46. The molecular formula is C24H33N7O2. The van der Waals surface area contributed by atoms with E-state index < -0.39 is 0 Å². The molecule has 1 aromatic carbocycles. The van der Waals surface area contributed by atoms with Crippen molar-refractivity contribution in [1.82, 2.24) is 14.9 Å². The van der Waals surface area contributed by atoms with Crippen LogP contribution in [0.1, 0.15) is 24.1 Å². The standard InChI is InChI=1S/C24H33N7O2/c1-17-5-6-19(27-24(32)31-7-3-4-8-31)15-20(17)18-13-22(21(25)16-29(2)26)28-23(14-18)30-9-11-33-12-10-30/h5-6,13-16H,3-4,7-12,25-26H2,1-2H3,(H,27,32)/b21-16-. The monoisotopic (exact) mass is 451 g/mol. The van der Waals surface area contributed by atoms with Gasteiger partial charge in [0.1, 0.15) is 5.82 Å². The number of hydrazine groups is 1. The van der Waals surface area contributed by atoms with E-state index in [0.29, 0.717) is 24.6 Å². The van der Waals surface area contributed by atoms with E-state index in [1.165, 1.54) is 5.01 Å². The Kier molecular flexibility index (Phi) is 7.00. The second kappa shape index (κ2) is 10.1. The maximum absolute atomic E-state index is 12.6. The third-order valence-electron chi connectivity index (χ3n) is 5.98. The maximum Gasteiger partial charge on any atom is 0.321 e. The van der Waals surface area contributed by atoms with Crippen molar-refractivity contribution in [2.75, 3.05) is 56.7 Å². The molecule has 1 aromatic heterocycles. The van der Waals surface area contributed by atoms with Gasteiger partial charge in [-0.25, -0.2) is 15.6 Å². The third kappa shape index (κ3) is 5.55. The van der Waals surface area contributed by atoms with Gasteiger partial charge in [0, 0.05) is 45.1 Å². The van der Waals surface area contributed by atoms with Gasteiger partial charge in [0.15, 0.2) is 0 Å². The molecule has 9 nitrogen and oxygen atoms in total. The Bertz CT molecular complexity index is 1030. The number of ether oxygens (including phenoxy) is 1. The van der Waals surface area contributed by atoms with Gasteiger partial charge in [0.25, 0.3) is 0 Å². The lowest BCUT2D eigenvalue weighted by molar-refractivity contribution is 0.122. The van der Waals surface area contributed by atoms with Crippen LogP contribution in [0.3, 0.4) is 0 Å². The van der Waals surface area contributed by atoms with Crippen molar-refractivity contribution in [3.05, 3.63) is 47.8 Å². The predicted molar refractivity (Wildman–Crippen MR) is 131 cm³/mol. The van der Waals surface area contributed by atoms with Crippen LogP contribution in [-0.4, -0.2) is 67.4 Å². The van der Waals surface area contributed by atoms with Crippen molar-refractivity contribution in [2.45, 2.75) is 19.8 Å². The smallest absolute Gasteiger partial charge is 0.321 e. The van der Waals surface area contributed by atoms with Gasteiger partial charge in [-0.2, -0.15) is 0 Å². The number of morpholine rings is 1. The van der Waals surface area contributed by atoms with Crippen molar-refractivity contribution in [1.29, 1.82) is 0 Å². The summed E-state index contributed by atoms with van der Waals surface area (Å²) >= 11 is 0. The average molecular weight is 452 g/mol. The van der Waals surface area contributed by atoms with Crippen molar-refractivity contribution >= 4 is 23.2 Å². The fourth-order valence-corrected chi connectivity index (χ4v) is 4.19. The van der Waals surface area contributed by atoms with Crippen molar-refractivity contribution < 1.29 is 9.53 Å². The normalized spacial score (nSPS) is 16.8. The molecule has 9 heteroatoms. The zero-order valence-corrected chi connectivity index (χ0v) is 19.4. The van der Waals surface area contributed by atoms with Crippen LogP contribution in [0.25, 0.3) is 16.8 Å². The van der Waals surface area contributed by atoms with Gasteiger partial charge < -0.3 is 30.6 Å². The number of nitrogens with one attached hydrogen (secondary N) is 1. The fourth-order valence-electron chi connectivity index (χ4n) is 4.19. The summed E-state index contributed by atoms with van der Waals surface area (Å²) in [7, 11) is 1.72. The summed E-state index contributed by atoms with van der Waals surface area (Å²) in [6, 6.07) is 9.97. The lowest BCUT2D eigenvalue weighted by atomic mass is 9.99. The number of rotatable bonds is 5. The van der Waals surface area contributed by atoms with Crippen LogP contribution in [0.15, 0.2) is 36.5 Å². The molecule has 33 heavy (non-hydrogen) atoms. The number of hydrogen-bond acceptors (Lipinski definition) is 7. The predicted octanol–water partition coefficient (Wildman–Crippen LogP) is 2.58. The highest BCUT2D eigenvalue weighted by molar-refractivity contribution is 5.91. The van der Waals surface area contributed by atoms with Gasteiger partial charge in [0.05, 0.1) is 24.6 Å². The molecule has 2 saturated heterocycles. The highest BCUT2D eigenvalue weighted by atomic mass is 16.5. The second-order valence-corrected chi connectivity index (χ2v) is 8.60. The van der Waals surface area contributed by atoms with E-state index in [4.69, 9.17) is 21.3 Å². The molecule has 0 saturated carbocycles. The van der Waals surface area contributed by atoms with E-state index in [1.54, 1.807) is 13.2 Å². The summed E-state index contributed by atoms with van der Waals surface area (Å²) < 4.78 is 5.51. The molecule has 0 radical (unpaired) electrons. The fraction of sp³-hybridized carbons (Fsp3) is 0.417. The quantitative estimate of drug-likeness (QED) is 0.473. The van der Waals surface area contributed by atoms with Gasteiger partial charge in [-0.15, -0.1) is 0 Å². The molecule has 2 aliphatic heterocycles. The topological polar surface area (TPSA) is 113 Å². The van der Waals surface area contributed by atoms with Gasteiger partial charge in [-0.1, -0.05) is 6.07 Å². The number of aryl methyl sites for hydroxylation is 1. The molecule has 4 rings (SSSR count). The molecule has 2 aliphatic rings. The van der Waals surface area contributed by atoms with E-state index in [1.807, 2.05) is 29.2 Å². The Morgan fingerprint density at radius 1 is 1.15 bits per heavy atom. The number of nitrogens with zero attached hydrogens (tertiary/aromatic N) is 4. The Labute approximate surface area is 195 Å². The van der Waals surface area contributed by atoms with Crippen molar-refractivity contribution in [3.8, 4) is 11.1 Å². The first-order valence-electron chi connectivity index (χ1n) is 11.4. The molecule has 0 aliphatic carbocycles. The number of urea groups is 1. The molecule has 0 unspecified atom stereocenters. The molecule has 3 heterocycles. The minimum absolute atomic E-state index is 0.0510. The number of aromatic nitrogens is 1. The van der Waals surface area contributed by atoms with Gasteiger partial charge in [-0.3, -0.25) is 0 Å². The first kappa shape index (κ1) is 22.9. The molecule has 176 valence electrons. The van der Waals surface area contributed by atoms with E-state index in [-0.39, 0.29) is 6.03 Å². The summed E-state index contributed by atoms with van der Waals surface area (Å²) in [6.07, 6.45) is 3.77. The molecule has 0 spiro atoms. The lowest BCUT2D eigenvalue weighted by Gasteiger charge is -2.28. The van der Waals surface area contributed by atoms with Gasteiger partial charge in [-0.05, 0) is 60.7 Å². The summed E-state index contributed by atoms with van der Waals surface area (Å²) in [6.45, 7) is 6.53. The van der Waals surface area contributed by atoms with Gasteiger partial charge >= 0.3 is 6.03 Å². The molecule has 2 amide bonds. The van der Waals surface area contributed by atoms with E-state index in [2.05, 4.69) is 23.2 Å². The molecule has 0 atom stereocenters.